The second-order valence-corrected chi connectivity index (χ2v) is 8.42. The van der Waals surface area contributed by atoms with Gasteiger partial charge in [-0.05, 0) is 49.8 Å². The SMILES string of the molecule is CCOc1cc(OCC)c(C2OC(CO)C(O)C(O)C2O)cc1C(=O)/C=C/c1ccc2occc2c1. The van der Waals surface area contributed by atoms with Crippen molar-refractivity contribution in [3.8, 4) is 11.5 Å². The van der Waals surface area contributed by atoms with Gasteiger partial charge >= 0.3 is 0 Å². The van der Waals surface area contributed by atoms with Crippen LogP contribution in [0.4, 0.5) is 0 Å². The Morgan fingerprint density at radius 1 is 0.972 bits per heavy atom. The van der Waals surface area contributed by atoms with Gasteiger partial charge in [0, 0.05) is 17.0 Å². The van der Waals surface area contributed by atoms with Crippen molar-refractivity contribution >= 4 is 22.8 Å². The van der Waals surface area contributed by atoms with E-state index in [1.165, 1.54) is 12.1 Å². The first-order chi connectivity index (χ1) is 17.4. The maximum absolute atomic E-state index is 13.3. The molecule has 0 spiro atoms. The Balaban J connectivity index is 1.73. The summed E-state index contributed by atoms with van der Waals surface area (Å²) in [5, 5.41) is 41.6. The fourth-order valence-electron chi connectivity index (χ4n) is 4.26. The number of ketones is 1. The quantitative estimate of drug-likeness (QED) is 0.259. The largest absolute Gasteiger partial charge is 0.493 e. The van der Waals surface area contributed by atoms with Gasteiger partial charge in [0.05, 0.1) is 31.6 Å². The van der Waals surface area contributed by atoms with Crippen molar-refractivity contribution in [2.75, 3.05) is 19.8 Å². The van der Waals surface area contributed by atoms with Crippen LogP contribution in [0.15, 0.2) is 53.2 Å². The summed E-state index contributed by atoms with van der Waals surface area (Å²) in [5.41, 5.74) is 2.03. The molecule has 3 aromatic rings. The van der Waals surface area contributed by atoms with Gasteiger partial charge in [0.1, 0.15) is 47.6 Å². The van der Waals surface area contributed by atoms with E-state index in [9.17, 15) is 25.2 Å². The number of benzene rings is 2. The van der Waals surface area contributed by atoms with Gasteiger partial charge in [-0.1, -0.05) is 12.1 Å². The van der Waals surface area contributed by atoms with Crippen LogP contribution in [0.1, 0.15) is 41.4 Å². The summed E-state index contributed by atoms with van der Waals surface area (Å²) < 4.78 is 22.5. The zero-order valence-electron chi connectivity index (χ0n) is 20.0. The van der Waals surface area contributed by atoms with E-state index in [-0.39, 0.29) is 35.0 Å². The van der Waals surface area contributed by atoms with Crippen LogP contribution in [-0.4, -0.2) is 70.4 Å². The molecule has 5 unspecified atom stereocenters. The molecule has 4 N–H and O–H groups in total. The van der Waals surface area contributed by atoms with Crippen LogP contribution in [0.5, 0.6) is 11.5 Å². The number of aliphatic hydroxyl groups excluding tert-OH is 4. The van der Waals surface area contributed by atoms with Crippen molar-refractivity contribution < 1.29 is 43.8 Å². The van der Waals surface area contributed by atoms with Crippen molar-refractivity contribution in [2.45, 2.75) is 44.4 Å². The molecule has 1 aromatic heterocycles. The Kier molecular flexibility index (Phi) is 8.07. The number of hydrogen-bond acceptors (Lipinski definition) is 9. The highest BCUT2D eigenvalue weighted by atomic mass is 16.5. The minimum atomic E-state index is -1.57. The third-order valence-corrected chi connectivity index (χ3v) is 6.08. The van der Waals surface area contributed by atoms with Crippen LogP contribution in [0.2, 0.25) is 0 Å². The number of rotatable bonds is 9. The summed E-state index contributed by atoms with van der Waals surface area (Å²) in [6.45, 7) is 3.57. The summed E-state index contributed by atoms with van der Waals surface area (Å²) in [5.74, 6) is 0.213. The molecule has 1 fully saturated rings. The standard InChI is InChI=1S/C27H30O9/c1-3-33-21-13-22(34-4-2)18(27-26(32)25(31)24(30)23(14-28)36-27)12-17(21)19(29)7-5-15-6-8-20-16(11-15)9-10-35-20/h5-13,23-28,30-32H,3-4,14H2,1-2H3/b7-5+. The van der Waals surface area contributed by atoms with E-state index in [1.807, 2.05) is 24.3 Å². The Bertz CT molecular complexity index is 1230. The molecule has 0 bridgehead atoms. The van der Waals surface area contributed by atoms with E-state index in [2.05, 4.69) is 0 Å². The first kappa shape index (κ1) is 25.9. The van der Waals surface area contributed by atoms with Gasteiger partial charge in [-0.3, -0.25) is 4.79 Å². The van der Waals surface area contributed by atoms with Crippen molar-refractivity contribution in [3.05, 3.63) is 65.4 Å². The maximum Gasteiger partial charge on any atom is 0.189 e. The predicted molar refractivity (Wildman–Crippen MR) is 131 cm³/mol. The molecule has 2 aromatic carbocycles. The van der Waals surface area contributed by atoms with Gasteiger partial charge in [-0.25, -0.2) is 0 Å². The molecule has 5 atom stereocenters. The molecule has 9 heteroatoms. The molecule has 1 saturated heterocycles. The number of hydrogen-bond donors (Lipinski definition) is 4. The number of furan rings is 1. The molecule has 192 valence electrons. The Morgan fingerprint density at radius 2 is 1.72 bits per heavy atom. The molecular formula is C27H30O9. The minimum Gasteiger partial charge on any atom is -0.493 e. The van der Waals surface area contributed by atoms with E-state index >= 15 is 0 Å². The highest BCUT2D eigenvalue weighted by Gasteiger charge is 2.45. The molecular weight excluding hydrogens is 468 g/mol. The predicted octanol–water partition coefficient (Wildman–Crippen LogP) is 2.64. The number of carbonyl (C=O) groups excluding carboxylic acids is 1. The summed E-state index contributed by atoms with van der Waals surface area (Å²) in [7, 11) is 0. The van der Waals surface area contributed by atoms with Gasteiger partial charge in [0.2, 0.25) is 0 Å². The Labute approximate surface area is 208 Å². The summed E-state index contributed by atoms with van der Waals surface area (Å²) in [6.07, 6.45) is -2.19. The lowest BCUT2D eigenvalue weighted by molar-refractivity contribution is -0.232. The smallest absolute Gasteiger partial charge is 0.189 e. The van der Waals surface area contributed by atoms with Gasteiger partial charge < -0.3 is 39.1 Å². The summed E-state index contributed by atoms with van der Waals surface area (Å²) in [6, 6.07) is 10.4. The molecule has 1 aliphatic rings. The lowest BCUT2D eigenvalue weighted by Crippen LogP contribution is -2.55. The zero-order valence-corrected chi connectivity index (χ0v) is 20.0. The van der Waals surface area contributed by atoms with Crippen LogP contribution in [0.3, 0.4) is 0 Å². The van der Waals surface area contributed by atoms with Crippen LogP contribution in [0.25, 0.3) is 17.0 Å². The van der Waals surface area contributed by atoms with Crippen LogP contribution in [0, 0.1) is 0 Å². The molecule has 0 radical (unpaired) electrons. The van der Waals surface area contributed by atoms with Gasteiger partial charge in [-0.15, -0.1) is 0 Å². The van der Waals surface area contributed by atoms with Crippen molar-refractivity contribution in [3.63, 3.8) is 0 Å². The summed E-state index contributed by atoms with van der Waals surface area (Å²) in [4.78, 5) is 13.3. The van der Waals surface area contributed by atoms with E-state index in [0.717, 1.165) is 16.5 Å². The van der Waals surface area contributed by atoms with E-state index in [0.29, 0.717) is 6.61 Å². The molecule has 36 heavy (non-hydrogen) atoms. The van der Waals surface area contributed by atoms with Crippen LogP contribution in [-0.2, 0) is 4.74 Å². The second-order valence-electron chi connectivity index (χ2n) is 8.42. The first-order valence-corrected chi connectivity index (χ1v) is 11.8. The zero-order chi connectivity index (χ0) is 25.8. The van der Waals surface area contributed by atoms with Crippen LogP contribution < -0.4 is 9.47 Å². The van der Waals surface area contributed by atoms with Gasteiger partial charge in [0.15, 0.2) is 5.78 Å². The highest BCUT2D eigenvalue weighted by Crippen LogP contribution is 2.40. The van der Waals surface area contributed by atoms with E-state index < -0.39 is 37.1 Å². The average Bonchev–Trinajstić information content (AvgIpc) is 3.35. The Hall–Kier alpha value is -3.21. The molecule has 0 saturated carbocycles. The second kappa shape index (κ2) is 11.2. The number of aliphatic hydroxyl groups is 4. The third-order valence-electron chi connectivity index (χ3n) is 6.08. The monoisotopic (exact) mass is 498 g/mol. The molecule has 4 rings (SSSR count). The fourth-order valence-corrected chi connectivity index (χ4v) is 4.26. The average molecular weight is 499 g/mol. The molecule has 1 aliphatic heterocycles. The lowest BCUT2D eigenvalue weighted by Gasteiger charge is -2.40. The number of carbonyl (C=O) groups is 1. The first-order valence-electron chi connectivity index (χ1n) is 11.8. The van der Waals surface area contributed by atoms with Crippen LogP contribution >= 0.6 is 0 Å². The Morgan fingerprint density at radius 3 is 2.44 bits per heavy atom. The lowest BCUT2D eigenvalue weighted by atomic mass is 9.89. The van der Waals surface area contributed by atoms with Gasteiger partial charge in [-0.2, -0.15) is 0 Å². The fraction of sp³-hybridized carbons (Fsp3) is 0.370. The van der Waals surface area contributed by atoms with Crippen molar-refractivity contribution in [1.82, 2.24) is 0 Å². The highest BCUT2D eigenvalue weighted by molar-refractivity contribution is 6.09. The third kappa shape index (κ3) is 5.16. The van der Waals surface area contributed by atoms with Crippen molar-refractivity contribution in [1.29, 1.82) is 0 Å². The minimum absolute atomic E-state index is 0.202. The topological polar surface area (TPSA) is 139 Å². The molecule has 0 aliphatic carbocycles. The summed E-state index contributed by atoms with van der Waals surface area (Å²) >= 11 is 0. The normalized spacial score (nSPS) is 24.3. The number of fused-ring (bicyclic) bond motifs is 1. The molecule has 2 heterocycles. The number of ether oxygens (including phenoxy) is 3. The number of allylic oxidation sites excluding steroid dienone is 1. The van der Waals surface area contributed by atoms with E-state index in [4.69, 9.17) is 18.6 Å². The van der Waals surface area contributed by atoms with E-state index in [1.54, 1.807) is 32.3 Å². The molecule has 0 amide bonds. The van der Waals surface area contributed by atoms with Gasteiger partial charge in [0.25, 0.3) is 0 Å². The maximum atomic E-state index is 13.3. The molecule has 9 nitrogen and oxygen atoms in total. The van der Waals surface area contributed by atoms with Crippen molar-refractivity contribution in [2.24, 2.45) is 0 Å².